The lowest BCUT2D eigenvalue weighted by molar-refractivity contribution is 1.16. The minimum Gasteiger partial charge on any atom is -0.378 e. The maximum atomic E-state index is 6.16. The van der Waals surface area contributed by atoms with Crippen molar-refractivity contribution in [3.63, 3.8) is 0 Å². The van der Waals surface area contributed by atoms with Gasteiger partial charge in [-0.25, -0.2) is 0 Å². The van der Waals surface area contributed by atoms with E-state index in [1.54, 1.807) is 12.1 Å². The zero-order chi connectivity index (χ0) is 15.0. The van der Waals surface area contributed by atoms with Gasteiger partial charge in [0, 0.05) is 33.7 Å². The van der Waals surface area contributed by atoms with Crippen LogP contribution in [0.25, 0.3) is 10.9 Å². The minimum atomic E-state index is 0.496. The number of hydrogen-bond donors (Lipinski definition) is 2. The maximum absolute atomic E-state index is 6.16. The Labute approximate surface area is 142 Å². The van der Waals surface area contributed by atoms with Gasteiger partial charge in [-0.15, -0.1) is 0 Å². The highest BCUT2D eigenvalue weighted by molar-refractivity contribution is 6.41. The molecule has 108 valence electrons. The first-order valence-electron chi connectivity index (χ1n) is 6.18. The lowest BCUT2D eigenvalue weighted by Gasteiger charge is -2.10. The summed E-state index contributed by atoms with van der Waals surface area (Å²) in [5, 5.41) is 6.55. The fraction of sp³-hybridized carbons (Fsp3) is 0.0667. The van der Waals surface area contributed by atoms with Crippen molar-refractivity contribution in [3.8, 4) is 0 Å². The second-order valence-corrected chi connectivity index (χ2v) is 6.29. The van der Waals surface area contributed by atoms with E-state index in [0.29, 0.717) is 32.3 Å². The average molecular weight is 360 g/mol. The molecule has 0 spiro atoms. The second kappa shape index (κ2) is 5.98. The lowest BCUT2D eigenvalue weighted by atomic mass is 10.1. The van der Waals surface area contributed by atoms with E-state index in [4.69, 9.17) is 46.4 Å². The molecule has 2 nitrogen and oxygen atoms in total. The quantitative estimate of drug-likeness (QED) is 0.556. The summed E-state index contributed by atoms with van der Waals surface area (Å²) in [6.45, 7) is 0.586. The SMILES string of the molecule is Clc1cc(Cl)c(NCc2c[nH]c3cc(Cl)ccc23)c(Cl)c1. The molecule has 21 heavy (non-hydrogen) atoms. The molecule has 0 aliphatic heterocycles. The van der Waals surface area contributed by atoms with Gasteiger partial charge >= 0.3 is 0 Å². The van der Waals surface area contributed by atoms with E-state index in [9.17, 15) is 0 Å². The summed E-state index contributed by atoms with van der Waals surface area (Å²) in [5.74, 6) is 0. The summed E-state index contributed by atoms with van der Waals surface area (Å²) in [5.41, 5.74) is 2.77. The fourth-order valence-corrected chi connectivity index (χ4v) is 3.32. The lowest BCUT2D eigenvalue weighted by Crippen LogP contribution is -2.00. The van der Waals surface area contributed by atoms with Crippen LogP contribution in [0.3, 0.4) is 0 Å². The molecule has 2 aromatic carbocycles. The Kier molecular flexibility index (Phi) is 4.23. The van der Waals surface area contributed by atoms with Crippen LogP contribution >= 0.6 is 46.4 Å². The number of hydrogen-bond acceptors (Lipinski definition) is 1. The molecule has 3 aromatic rings. The van der Waals surface area contributed by atoms with Crippen LogP contribution in [0.5, 0.6) is 0 Å². The molecule has 3 rings (SSSR count). The Hall–Kier alpha value is -1.06. The molecule has 0 amide bonds. The van der Waals surface area contributed by atoms with Gasteiger partial charge in [0.2, 0.25) is 0 Å². The normalized spacial score (nSPS) is 11.0. The van der Waals surface area contributed by atoms with Gasteiger partial charge < -0.3 is 10.3 Å². The van der Waals surface area contributed by atoms with E-state index in [0.717, 1.165) is 16.5 Å². The Morgan fingerprint density at radius 2 is 1.62 bits per heavy atom. The van der Waals surface area contributed by atoms with E-state index in [-0.39, 0.29) is 0 Å². The van der Waals surface area contributed by atoms with Crippen molar-refractivity contribution in [2.45, 2.75) is 6.54 Å². The van der Waals surface area contributed by atoms with Gasteiger partial charge in [-0.3, -0.25) is 0 Å². The van der Waals surface area contributed by atoms with Crippen molar-refractivity contribution in [1.29, 1.82) is 0 Å². The molecule has 0 saturated carbocycles. The van der Waals surface area contributed by atoms with Gasteiger partial charge in [0.15, 0.2) is 0 Å². The fourth-order valence-electron chi connectivity index (χ4n) is 2.20. The summed E-state index contributed by atoms with van der Waals surface area (Å²) in [7, 11) is 0. The van der Waals surface area contributed by atoms with Gasteiger partial charge in [-0.2, -0.15) is 0 Å². The number of halogens is 4. The number of anilines is 1. The van der Waals surface area contributed by atoms with Crippen molar-refractivity contribution in [1.82, 2.24) is 4.98 Å². The Balaban J connectivity index is 1.87. The first-order chi connectivity index (χ1) is 10.0. The molecular weight excluding hydrogens is 350 g/mol. The van der Waals surface area contributed by atoms with E-state index in [2.05, 4.69) is 10.3 Å². The van der Waals surface area contributed by atoms with E-state index in [1.165, 1.54) is 0 Å². The first-order valence-corrected chi connectivity index (χ1v) is 7.69. The van der Waals surface area contributed by atoms with Gasteiger partial charge in [-0.05, 0) is 29.8 Å². The monoisotopic (exact) mass is 358 g/mol. The number of rotatable bonds is 3. The third-order valence-electron chi connectivity index (χ3n) is 3.19. The molecule has 1 aromatic heterocycles. The van der Waals surface area contributed by atoms with Crippen LogP contribution in [0, 0.1) is 0 Å². The highest BCUT2D eigenvalue weighted by atomic mass is 35.5. The molecule has 0 bridgehead atoms. The van der Waals surface area contributed by atoms with Crippen molar-refractivity contribution >= 4 is 63.0 Å². The maximum Gasteiger partial charge on any atom is 0.0722 e. The summed E-state index contributed by atoms with van der Waals surface area (Å²) in [4.78, 5) is 3.19. The van der Waals surface area contributed by atoms with Crippen LogP contribution in [-0.2, 0) is 6.54 Å². The number of H-pyrrole nitrogens is 1. The number of fused-ring (bicyclic) bond motifs is 1. The third kappa shape index (κ3) is 3.09. The van der Waals surface area contributed by atoms with Crippen molar-refractivity contribution in [2.24, 2.45) is 0 Å². The Morgan fingerprint density at radius 1 is 0.905 bits per heavy atom. The molecule has 0 atom stereocenters. The van der Waals surface area contributed by atoms with E-state index >= 15 is 0 Å². The van der Waals surface area contributed by atoms with Crippen LogP contribution in [0.2, 0.25) is 20.1 Å². The highest BCUT2D eigenvalue weighted by Crippen LogP contribution is 2.34. The Bertz CT molecular complexity index is 788. The molecule has 1 heterocycles. The molecule has 0 unspecified atom stereocenters. The van der Waals surface area contributed by atoms with Crippen LogP contribution in [0.15, 0.2) is 36.5 Å². The number of aromatic amines is 1. The van der Waals surface area contributed by atoms with Crippen molar-refractivity contribution in [2.75, 3.05) is 5.32 Å². The van der Waals surface area contributed by atoms with Crippen molar-refractivity contribution in [3.05, 3.63) is 62.2 Å². The van der Waals surface area contributed by atoms with E-state index < -0.39 is 0 Å². The largest absolute Gasteiger partial charge is 0.378 e. The predicted octanol–water partition coefficient (Wildman–Crippen LogP) is 6.39. The molecule has 0 saturated heterocycles. The minimum absolute atomic E-state index is 0.496. The van der Waals surface area contributed by atoms with Crippen LogP contribution < -0.4 is 5.32 Å². The van der Waals surface area contributed by atoms with Gasteiger partial charge in [0.25, 0.3) is 0 Å². The molecule has 0 radical (unpaired) electrons. The van der Waals surface area contributed by atoms with Crippen molar-refractivity contribution < 1.29 is 0 Å². The second-order valence-electron chi connectivity index (χ2n) is 4.60. The third-order valence-corrected chi connectivity index (χ3v) is 4.24. The molecule has 0 aliphatic rings. The van der Waals surface area contributed by atoms with Crippen LogP contribution in [0.4, 0.5) is 5.69 Å². The topological polar surface area (TPSA) is 27.8 Å². The number of aromatic nitrogens is 1. The van der Waals surface area contributed by atoms with Gasteiger partial charge in [0.1, 0.15) is 0 Å². The molecule has 6 heteroatoms. The standard InChI is InChI=1S/C15H10Cl4N2/c16-9-1-2-11-8(6-20-14(11)5-9)7-21-15-12(18)3-10(17)4-13(15)19/h1-6,20-21H,7H2. The summed E-state index contributed by atoms with van der Waals surface area (Å²) >= 11 is 24.2. The smallest absolute Gasteiger partial charge is 0.0722 e. The van der Waals surface area contributed by atoms with Gasteiger partial charge in [-0.1, -0.05) is 52.5 Å². The molecule has 2 N–H and O–H groups in total. The van der Waals surface area contributed by atoms with Crippen LogP contribution in [-0.4, -0.2) is 4.98 Å². The Morgan fingerprint density at radius 3 is 2.33 bits per heavy atom. The molecule has 0 aliphatic carbocycles. The number of nitrogens with one attached hydrogen (secondary N) is 2. The molecule has 0 fully saturated rings. The van der Waals surface area contributed by atoms with E-state index in [1.807, 2.05) is 24.4 Å². The average Bonchev–Trinajstić information content (AvgIpc) is 2.79. The summed E-state index contributed by atoms with van der Waals surface area (Å²) < 4.78 is 0. The predicted molar refractivity (Wildman–Crippen MR) is 92.1 cm³/mol. The zero-order valence-electron chi connectivity index (χ0n) is 10.7. The zero-order valence-corrected chi connectivity index (χ0v) is 13.7. The number of benzene rings is 2. The molecular formula is C15H10Cl4N2. The highest BCUT2D eigenvalue weighted by Gasteiger charge is 2.09. The van der Waals surface area contributed by atoms with Crippen LogP contribution in [0.1, 0.15) is 5.56 Å². The summed E-state index contributed by atoms with van der Waals surface area (Å²) in [6, 6.07) is 9.06. The van der Waals surface area contributed by atoms with Gasteiger partial charge in [0.05, 0.1) is 15.7 Å². The first kappa shape index (κ1) is 14.9. The summed E-state index contributed by atoms with van der Waals surface area (Å²) in [6.07, 6.45) is 1.94.